The number of ether oxygens (including phenoxy) is 2. The Kier molecular flexibility index (Phi) is 4.35. The zero-order chi connectivity index (χ0) is 13.7. The van der Waals surface area contributed by atoms with Crippen LogP contribution >= 0.6 is 0 Å². The maximum Gasteiger partial charge on any atom is 0.408 e. The molecule has 1 fully saturated rings. The molecule has 19 heavy (non-hydrogen) atoms. The zero-order valence-electron chi connectivity index (χ0n) is 10.6. The molecule has 2 unspecified atom stereocenters. The number of hydrogen-bond acceptors (Lipinski definition) is 4. The average Bonchev–Trinajstić information content (AvgIpc) is 2.43. The molecule has 0 saturated carbocycles. The molecule has 1 heterocycles. The van der Waals surface area contributed by atoms with Crippen LogP contribution in [0.2, 0.25) is 0 Å². The van der Waals surface area contributed by atoms with E-state index in [9.17, 15) is 9.59 Å². The molecule has 102 valence electrons. The first-order valence-corrected chi connectivity index (χ1v) is 5.97. The molecule has 6 heteroatoms. The standard InChI is InChI=1S/C13H16N2O4/c1-18-8-10-11(12(16)14-10)15-13(17)19-7-9-5-3-2-4-6-9/h2-6,10-11H,7-8H2,1H3,(H,14,16)(H,15,17). The molecule has 0 aromatic heterocycles. The van der Waals surface area contributed by atoms with Crippen LogP contribution < -0.4 is 10.6 Å². The van der Waals surface area contributed by atoms with Gasteiger partial charge in [-0.3, -0.25) is 4.79 Å². The van der Waals surface area contributed by atoms with Gasteiger partial charge < -0.3 is 20.1 Å². The topological polar surface area (TPSA) is 76.7 Å². The lowest BCUT2D eigenvalue weighted by atomic mass is 10.0. The van der Waals surface area contributed by atoms with Crippen molar-refractivity contribution >= 4 is 12.0 Å². The summed E-state index contributed by atoms with van der Waals surface area (Å²) in [5.41, 5.74) is 0.893. The second-order valence-corrected chi connectivity index (χ2v) is 4.25. The minimum absolute atomic E-state index is 0.177. The smallest absolute Gasteiger partial charge is 0.408 e. The Hall–Kier alpha value is -2.08. The van der Waals surface area contributed by atoms with Crippen LogP contribution in [0.15, 0.2) is 30.3 Å². The molecule has 2 atom stereocenters. The van der Waals surface area contributed by atoms with Gasteiger partial charge in [-0.05, 0) is 5.56 Å². The van der Waals surface area contributed by atoms with Gasteiger partial charge in [-0.1, -0.05) is 30.3 Å². The quantitative estimate of drug-likeness (QED) is 0.756. The number of amides is 2. The Labute approximate surface area is 111 Å². The summed E-state index contributed by atoms with van der Waals surface area (Å²) in [6.07, 6.45) is -0.607. The van der Waals surface area contributed by atoms with E-state index in [1.54, 1.807) is 0 Å². The third-order valence-corrected chi connectivity index (χ3v) is 2.84. The molecular weight excluding hydrogens is 248 g/mol. The highest BCUT2D eigenvalue weighted by Crippen LogP contribution is 2.07. The number of alkyl carbamates (subject to hydrolysis) is 1. The molecule has 1 aliphatic rings. The molecule has 1 aromatic rings. The first kappa shape index (κ1) is 13.4. The molecule has 0 spiro atoms. The summed E-state index contributed by atoms with van der Waals surface area (Å²) >= 11 is 0. The van der Waals surface area contributed by atoms with E-state index >= 15 is 0 Å². The van der Waals surface area contributed by atoms with Crippen molar-refractivity contribution in [2.75, 3.05) is 13.7 Å². The first-order valence-electron chi connectivity index (χ1n) is 5.97. The van der Waals surface area contributed by atoms with Crippen LogP contribution in [0.25, 0.3) is 0 Å². The summed E-state index contributed by atoms with van der Waals surface area (Å²) in [5.74, 6) is -0.223. The van der Waals surface area contributed by atoms with Crippen LogP contribution in [0.5, 0.6) is 0 Å². The fourth-order valence-electron chi connectivity index (χ4n) is 1.82. The lowest BCUT2D eigenvalue weighted by molar-refractivity contribution is -0.133. The minimum atomic E-state index is -0.607. The van der Waals surface area contributed by atoms with Gasteiger partial charge in [0.1, 0.15) is 12.6 Å². The van der Waals surface area contributed by atoms with Gasteiger partial charge >= 0.3 is 6.09 Å². The van der Waals surface area contributed by atoms with Crippen LogP contribution in [-0.4, -0.2) is 37.8 Å². The summed E-state index contributed by atoms with van der Waals surface area (Å²) < 4.78 is 9.97. The van der Waals surface area contributed by atoms with E-state index in [1.807, 2.05) is 30.3 Å². The van der Waals surface area contributed by atoms with Crippen molar-refractivity contribution in [1.29, 1.82) is 0 Å². The Morgan fingerprint density at radius 1 is 1.37 bits per heavy atom. The predicted octanol–water partition coefficient (Wildman–Crippen LogP) is 0.426. The normalized spacial score (nSPS) is 21.2. The molecule has 0 bridgehead atoms. The molecule has 2 N–H and O–H groups in total. The maximum atomic E-state index is 11.6. The monoisotopic (exact) mass is 264 g/mol. The molecule has 1 saturated heterocycles. The van der Waals surface area contributed by atoms with Gasteiger partial charge in [-0.25, -0.2) is 4.79 Å². The first-order chi connectivity index (χ1) is 9.20. The minimum Gasteiger partial charge on any atom is -0.445 e. The largest absolute Gasteiger partial charge is 0.445 e. The van der Waals surface area contributed by atoms with E-state index in [0.717, 1.165) is 5.56 Å². The van der Waals surface area contributed by atoms with E-state index in [-0.39, 0.29) is 18.6 Å². The fourth-order valence-corrected chi connectivity index (χ4v) is 1.82. The van der Waals surface area contributed by atoms with Gasteiger partial charge in [0, 0.05) is 7.11 Å². The highest BCUT2D eigenvalue weighted by atomic mass is 16.5. The predicted molar refractivity (Wildman–Crippen MR) is 67.4 cm³/mol. The summed E-state index contributed by atoms with van der Waals surface area (Å²) in [4.78, 5) is 22.8. The number of hydrogen-bond donors (Lipinski definition) is 2. The van der Waals surface area contributed by atoms with E-state index in [1.165, 1.54) is 7.11 Å². The van der Waals surface area contributed by atoms with Gasteiger partial charge in [0.2, 0.25) is 5.91 Å². The molecule has 2 rings (SSSR count). The molecule has 0 aliphatic carbocycles. The Bertz CT molecular complexity index is 449. The van der Waals surface area contributed by atoms with Crippen LogP contribution in [-0.2, 0) is 20.9 Å². The number of β-lactam (4-membered cyclic amide) rings is 1. The van der Waals surface area contributed by atoms with Crippen LogP contribution in [0, 0.1) is 0 Å². The highest BCUT2D eigenvalue weighted by Gasteiger charge is 2.40. The van der Waals surface area contributed by atoms with Gasteiger partial charge in [-0.15, -0.1) is 0 Å². The number of rotatable bonds is 5. The average molecular weight is 264 g/mol. The van der Waals surface area contributed by atoms with Crippen molar-refractivity contribution in [3.8, 4) is 0 Å². The third kappa shape index (κ3) is 3.45. The van der Waals surface area contributed by atoms with Crippen molar-refractivity contribution < 1.29 is 19.1 Å². The summed E-state index contributed by atoms with van der Waals surface area (Å²) in [6, 6.07) is 8.56. The van der Waals surface area contributed by atoms with Crippen molar-refractivity contribution in [2.24, 2.45) is 0 Å². The van der Waals surface area contributed by atoms with Gasteiger partial charge in [0.25, 0.3) is 0 Å². The molecule has 0 radical (unpaired) electrons. The second kappa shape index (κ2) is 6.19. The van der Waals surface area contributed by atoms with E-state index in [0.29, 0.717) is 6.61 Å². The number of carbonyl (C=O) groups is 2. The number of methoxy groups -OCH3 is 1. The lowest BCUT2D eigenvalue weighted by Crippen LogP contribution is -2.70. The van der Waals surface area contributed by atoms with Gasteiger partial charge in [-0.2, -0.15) is 0 Å². The molecule has 2 amide bonds. The van der Waals surface area contributed by atoms with Crippen molar-refractivity contribution in [2.45, 2.75) is 18.7 Å². The van der Waals surface area contributed by atoms with Crippen molar-refractivity contribution in [1.82, 2.24) is 10.6 Å². The highest BCUT2D eigenvalue weighted by molar-refractivity contribution is 5.92. The Morgan fingerprint density at radius 3 is 2.74 bits per heavy atom. The van der Waals surface area contributed by atoms with E-state index in [2.05, 4.69) is 10.6 Å². The number of benzene rings is 1. The second-order valence-electron chi connectivity index (χ2n) is 4.25. The van der Waals surface area contributed by atoms with E-state index < -0.39 is 12.1 Å². The van der Waals surface area contributed by atoms with Crippen LogP contribution in [0.1, 0.15) is 5.56 Å². The maximum absolute atomic E-state index is 11.6. The fraction of sp³-hybridized carbons (Fsp3) is 0.385. The lowest BCUT2D eigenvalue weighted by Gasteiger charge is -2.36. The van der Waals surface area contributed by atoms with Gasteiger partial charge in [0.05, 0.1) is 12.6 Å². The Balaban J connectivity index is 1.76. The molecule has 1 aliphatic heterocycles. The summed E-state index contributed by atoms with van der Waals surface area (Å²) in [6.45, 7) is 0.533. The summed E-state index contributed by atoms with van der Waals surface area (Å²) in [5, 5.41) is 5.16. The van der Waals surface area contributed by atoms with Gasteiger partial charge in [0.15, 0.2) is 0 Å². The number of nitrogens with one attached hydrogen (secondary N) is 2. The van der Waals surface area contributed by atoms with Crippen LogP contribution in [0.3, 0.4) is 0 Å². The van der Waals surface area contributed by atoms with Crippen molar-refractivity contribution in [3.05, 3.63) is 35.9 Å². The summed E-state index contributed by atoms with van der Waals surface area (Å²) in [7, 11) is 1.54. The molecule has 6 nitrogen and oxygen atoms in total. The SMILES string of the molecule is COCC1NC(=O)C1NC(=O)OCc1ccccc1. The number of carbonyl (C=O) groups excluding carboxylic acids is 2. The molecule has 1 aromatic carbocycles. The van der Waals surface area contributed by atoms with E-state index in [4.69, 9.17) is 9.47 Å². The van der Waals surface area contributed by atoms with Crippen molar-refractivity contribution in [3.63, 3.8) is 0 Å². The zero-order valence-corrected chi connectivity index (χ0v) is 10.6. The van der Waals surface area contributed by atoms with Crippen LogP contribution in [0.4, 0.5) is 4.79 Å². The Morgan fingerprint density at radius 2 is 2.11 bits per heavy atom. The molecular formula is C13H16N2O4. The third-order valence-electron chi connectivity index (χ3n) is 2.84.